The monoisotopic (exact) mass is 542 g/mol. The van der Waals surface area contributed by atoms with Crippen LogP contribution in [0.15, 0.2) is 158 Å². The Labute approximate surface area is 248 Å². The molecule has 1 saturated carbocycles. The number of hydrogen-bond acceptors (Lipinski definition) is 2. The highest BCUT2D eigenvalue weighted by Gasteiger charge is 2.19. The molecule has 2 heteroatoms. The summed E-state index contributed by atoms with van der Waals surface area (Å²) in [7, 11) is 0. The minimum Gasteiger partial charge on any atom is -0.355 e. The lowest BCUT2D eigenvalue weighted by Crippen LogP contribution is -2.09. The van der Waals surface area contributed by atoms with Gasteiger partial charge in [0.05, 0.1) is 0 Å². The molecule has 6 aromatic carbocycles. The van der Waals surface area contributed by atoms with Gasteiger partial charge in [0.2, 0.25) is 0 Å². The van der Waals surface area contributed by atoms with E-state index in [9.17, 15) is 0 Å². The molecule has 6 aromatic rings. The number of para-hydroxylation sites is 2. The predicted molar refractivity (Wildman–Crippen MR) is 178 cm³/mol. The summed E-state index contributed by atoms with van der Waals surface area (Å²) in [6.07, 6.45) is 4.01. The first kappa shape index (κ1) is 25.9. The Morgan fingerprint density at radius 2 is 0.929 bits per heavy atom. The van der Waals surface area contributed by atoms with E-state index in [0.717, 1.165) is 34.4 Å². The normalized spacial score (nSPS) is 12.9. The Morgan fingerprint density at radius 1 is 0.429 bits per heavy atom. The van der Waals surface area contributed by atoms with Gasteiger partial charge in [-0.05, 0) is 113 Å². The SMILES string of the molecule is c1ccc(-c2cc(Nc3ccc(N(c4ccccc4)c4ccccc4)cc3)cc(-c3ccc(C4CCC4)cc3)c2)cc1. The third-order valence-electron chi connectivity index (χ3n) is 8.30. The molecule has 0 atom stereocenters. The first-order valence-electron chi connectivity index (χ1n) is 14.9. The zero-order valence-corrected chi connectivity index (χ0v) is 23.7. The van der Waals surface area contributed by atoms with Gasteiger partial charge in [-0.2, -0.15) is 0 Å². The largest absolute Gasteiger partial charge is 0.355 e. The highest BCUT2D eigenvalue weighted by molar-refractivity contribution is 5.81. The fraction of sp³-hybridized carbons (Fsp3) is 0.100. The number of hydrogen-bond donors (Lipinski definition) is 1. The fourth-order valence-corrected chi connectivity index (χ4v) is 5.81. The Balaban J connectivity index is 1.20. The summed E-state index contributed by atoms with van der Waals surface area (Å²) in [6.45, 7) is 0. The van der Waals surface area contributed by atoms with Gasteiger partial charge in [-0.15, -0.1) is 0 Å². The van der Waals surface area contributed by atoms with Crippen molar-refractivity contribution in [3.8, 4) is 22.3 Å². The van der Waals surface area contributed by atoms with Gasteiger partial charge in [-0.1, -0.05) is 97.4 Å². The molecular weight excluding hydrogens is 508 g/mol. The maximum absolute atomic E-state index is 3.70. The zero-order chi connectivity index (χ0) is 28.1. The van der Waals surface area contributed by atoms with Gasteiger partial charge in [0.25, 0.3) is 0 Å². The minimum atomic E-state index is 0.745. The molecule has 0 amide bonds. The first-order valence-corrected chi connectivity index (χ1v) is 14.9. The van der Waals surface area contributed by atoms with Crippen LogP contribution in [0.25, 0.3) is 22.3 Å². The fourth-order valence-electron chi connectivity index (χ4n) is 5.81. The van der Waals surface area contributed by atoms with Crippen LogP contribution in [-0.2, 0) is 0 Å². The molecule has 0 bridgehead atoms. The molecule has 1 N–H and O–H groups in total. The van der Waals surface area contributed by atoms with Crippen LogP contribution in [0, 0.1) is 0 Å². The van der Waals surface area contributed by atoms with E-state index in [4.69, 9.17) is 0 Å². The van der Waals surface area contributed by atoms with Gasteiger partial charge in [0.1, 0.15) is 0 Å². The van der Waals surface area contributed by atoms with E-state index in [-0.39, 0.29) is 0 Å². The number of anilines is 5. The maximum atomic E-state index is 3.70. The number of nitrogens with one attached hydrogen (secondary N) is 1. The van der Waals surface area contributed by atoms with Crippen molar-refractivity contribution in [1.29, 1.82) is 0 Å². The van der Waals surface area contributed by atoms with Gasteiger partial charge in [0.15, 0.2) is 0 Å². The van der Waals surface area contributed by atoms with Gasteiger partial charge in [-0.25, -0.2) is 0 Å². The van der Waals surface area contributed by atoms with Crippen LogP contribution in [0.1, 0.15) is 30.7 Å². The van der Waals surface area contributed by atoms with Crippen LogP contribution in [0.5, 0.6) is 0 Å². The second kappa shape index (κ2) is 11.8. The quantitative estimate of drug-likeness (QED) is 0.206. The smallest absolute Gasteiger partial charge is 0.0463 e. The Hall–Kier alpha value is -5.08. The molecule has 1 fully saturated rings. The lowest BCUT2D eigenvalue weighted by atomic mass is 9.80. The Kier molecular flexibility index (Phi) is 7.27. The summed E-state index contributed by atoms with van der Waals surface area (Å²) in [4.78, 5) is 2.28. The molecule has 1 aliphatic carbocycles. The molecule has 7 rings (SSSR count). The van der Waals surface area contributed by atoms with Crippen LogP contribution in [0.3, 0.4) is 0 Å². The second-order valence-corrected chi connectivity index (χ2v) is 11.1. The molecule has 2 nitrogen and oxygen atoms in total. The summed E-state index contributed by atoms with van der Waals surface area (Å²) >= 11 is 0. The Morgan fingerprint density at radius 3 is 1.45 bits per heavy atom. The average molecular weight is 543 g/mol. The standard InChI is InChI=1S/C40H34N2/c1-4-11-31(12-5-1)34-27-35(33-21-19-32(20-22-33)30-13-10-14-30)29-37(28-34)41-36-23-25-40(26-24-36)42(38-15-6-2-7-16-38)39-17-8-3-9-18-39/h1-9,11-12,15-30,41H,10,13-14H2. The summed E-state index contributed by atoms with van der Waals surface area (Å²) in [6, 6.07) is 56.4. The molecule has 0 spiro atoms. The van der Waals surface area contributed by atoms with Crippen molar-refractivity contribution in [2.24, 2.45) is 0 Å². The van der Waals surface area contributed by atoms with Crippen molar-refractivity contribution >= 4 is 28.4 Å². The molecule has 0 heterocycles. The summed E-state index contributed by atoms with van der Waals surface area (Å²) in [5.41, 5.74) is 11.9. The topological polar surface area (TPSA) is 15.3 Å². The van der Waals surface area contributed by atoms with Gasteiger partial charge in [-0.3, -0.25) is 0 Å². The van der Waals surface area contributed by atoms with E-state index < -0.39 is 0 Å². The molecule has 0 aliphatic heterocycles. The van der Waals surface area contributed by atoms with Gasteiger partial charge < -0.3 is 10.2 Å². The number of benzene rings is 6. The van der Waals surface area contributed by atoms with Gasteiger partial charge in [0, 0.05) is 28.4 Å². The second-order valence-electron chi connectivity index (χ2n) is 11.1. The zero-order valence-electron chi connectivity index (χ0n) is 23.7. The van der Waals surface area contributed by atoms with Crippen molar-refractivity contribution in [2.75, 3.05) is 10.2 Å². The molecule has 0 unspecified atom stereocenters. The first-order chi connectivity index (χ1) is 20.8. The number of nitrogens with zero attached hydrogens (tertiary/aromatic N) is 1. The lowest BCUT2D eigenvalue weighted by Gasteiger charge is -2.26. The van der Waals surface area contributed by atoms with Crippen LogP contribution >= 0.6 is 0 Å². The lowest BCUT2D eigenvalue weighted by molar-refractivity contribution is 0.420. The summed E-state index contributed by atoms with van der Waals surface area (Å²) in [5.74, 6) is 0.745. The van der Waals surface area contributed by atoms with Crippen LogP contribution in [0.4, 0.5) is 28.4 Å². The summed E-state index contributed by atoms with van der Waals surface area (Å²) < 4.78 is 0. The van der Waals surface area contributed by atoms with Crippen LogP contribution in [0.2, 0.25) is 0 Å². The predicted octanol–water partition coefficient (Wildman–Crippen LogP) is 11.5. The number of rotatable bonds is 8. The molecule has 0 aromatic heterocycles. The van der Waals surface area contributed by atoms with Crippen molar-refractivity contribution in [2.45, 2.75) is 25.2 Å². The highest BCUT2D eigenvalue weighted by atomic mass is 15.1. The molecule has 1 aliphatic rings. The van der Waals surface area contributed by atoms with E-state index in [1.807, 2.05) is 0 Å². The average Bonchev–Trinajstić information content (AvgIpc) is 3.03. The molecular formula is C40H34N2. The molecule has 204 valence electrons. The van der Waals surface area contributed by atoms with Crippen molar-refractivity contribution in [1.82, 2.24) is 0 Å². The third kappa shape index (κ3) is 5.57. The minimum absolute atomic E-state index is 0.745. The van der Waals surface area contributed by atoms with Crippen molar-refractivity contribution in [3.05, 3.63) is 163 Å². The highest BCUT2D eigenvalue weighted by Crippen LogP contribution is 2.39. The van der Waals surface area contributed by atoms with E-state index >= 15 is 0 Å². The van der Waals surface area contributed by atoms with Crippen molar-refractivity contribution in [3.63, 3.8) is 0 Å². The van der Waals surface area contributed by atoms with Crippen molar-refractivity contribution < 1.29 is 0 Å². The Bertz CT molecular complexity index is 1700. The molecule has 0 saturated heterocycles. The van der Waals surface area contributed by atoms with E-state index in [1.165, 1.54) is 47.1 Å². The van der Waals surface area contributed by atoms with E-state index in [1.54, 1.807) is 0 Å². The molecule has 0 radical (unpaired) electrons. The summed E-state index contributed by atoms with van der Waals surface area (Å²) in [5, 5.41) is 3.70. The van der Waals surface area contributed by atoms with Crippen LogP contribution < -0.4 is 10.2 Å². The van der Waals surface area contributed by atoms with Crippen LogP contribution in [-0.4, -0.2) is 0 Å². The maximum Gasteiger partial charge on any atom is 0.0463 e. The van der Waals surface area contributed by atoms with E-state index in [2.05, 4.69) is 168 Å². The third-order valence-corrected chi connectivity index (χ3v) is 8.30. The molecule has 42 heavy (non-hydrogen) atoms. The van der Waals surface area contributed by atoms with Gasteiger partial charge >= 0.3 is 0 Å². The van der Waals surface area contributed by atoms with E-state index in [0.29, 0.717) is 0 Å².